The minimum atomic E-state index is -3.55. The Morgan fingerprint density at radius 2 is 1.39 bits per heavy atom. The van der Waals surface area contributed by atoms with Gasteiger partial charge in [-0.25, -0.2) is 8.42 Å². The van der Waals surface area contributed by atoms with Crippen LogP contribution in [0.3, 0.4) is 0 Å². The number of carbonyl (C=O) groups is 2. The van der Waals surface area contributed by atoms with Gasteiger partial charge in [0.15, 0.2) is 0 Å². The van der Waals surface area contributed by atoms with E-state index in [0.29, 0.717) is 18.5 Å². The lowest BCUT2D eigenvalue weighted by atomic mass is 10.00. The van der Waals surface area contributed by atoms with E-state index >= 15 is 0 Å². The largest absolute Gasteiger partial charge is 0.350 e. The third-order valence-corrected chi connectivity index (χ3v) is 7.94. The lowest BCUT2D eigenvalue weighted by Gasteiger charge is -2.34. The second-order valence-corrected chi connectivity index (χ2v) is 13.3. The molecular formula is C33H43N3O4S. The Morgan fingerprint density at radius 3 is 1.90 bits per heavy atom. The smallest absolute Gasteiger partial charge is 0.243 e. The second kappa shape index (κ2) is 14.3. The van der Waals surface area contributed by atoms with Crippen LogP contribution in [0, 0.1) is 0 Å². The Kier molecular flexibility index (Phi) is 11.1. The average molecular weight is 578 g/mol. The van der Waals surface area contributed by atoms with E-state index in [4.69, 9.17) is 0 Å². The van der Waals surface area contributed by atoms with Crippen molar-refractivity contribution in [3.8, 4) is 0 Å². The first kappa shape index (κ1) is 31.9. The average Bonchev–Trinajstić information content (AvgIpc) is 2.92. The molecule has 1 atom stereocenters. The molecule has 0 radical (unpaired) electrons. The van der Waals surface area contributed by atoms with E-state index in [1.807, 2.05) is 100 Å². The molecule has 0 bridgehead atoms. The van der Waals surface area contributed by atoms with Crippen molar-refractivity contribution in [2.24, 2.45) is 0 Å². The van der Waals surface area contributed by atoms with E-state index in [2.05, 4.69) is 5.32 Å². The fraction of sp³-hybridized carbons (Fsp3) is 0.394. The van der Waals surface area contributed by atoms with Crippen LogP contribution in [0.15, 0.2) is 84.9 Å². The van der Waals surface area contributed by atoms with E-state index in [-0.39, 0.29) is 31.3 Å². The molecule has 0 heterocycles. The zero-order valence-corrected chi connectivity index (χ0v) is 25.7. The third-order valence-electron chi connectivity index (χ3n) is 6.75. The van der Waals surface area contributed by atoms with Crippen LogP contribution in [0.2, 0.25) is 0 Å². The number of nitrogens with one attached hydrogen (secondary N) is 1. The molecule has 3 rings (SSSR count). The summed E-state index contributed by atoms with van der Waals surface area (Å²) in [4.78, 5) is 29.2. The molecule has 7 nitrogen and oxygen atoms in total. The first-order chi connectivity index (χ1) is 19.4. The van der Waals surface area contributed by atoms with Crippen LogP contribution >= 0.6 is 0 Å². The number of amides is 2. The SMILES string of the molecule is CCc1ccc(N(CCCC(=O)N(Cc2ccccc2)[C@H](Cc2ccccc2)C(=O)NC(C)(C)C)S(C)(=O)=O)cc1. The van der Waals surface area contributed by atoms with Crippen molar-refractivity contribution in [3.05, 3.63) is 102 Å². The minimum absolute atomic E-state index is 0.0972. The van der Waals surface area contributed by atoms with Crippen molar-refractivity contribution < 1.29 is 18.0 Å². The number of hydrogen-bond acceptors (Lipinski definition) is 4. The van der Waals surface area contributed by atoms with Crippen LogP contribution in [-0.2, 0) is 39.0 Å². The molecule has 0 fully saturated rings. The Morgan fingerprint density at radius 1 is 0.829 bits per heavy atom. The molecule has 2 amide bonds. The number of carbonyl (C=O) groups excluding carboxylic acids is 2. The maximum atomic E-state index is 13.9. The van der Waals surface area contributed by atoms with Crippen LogP contribution in [0.5, 0.6) is 0 Å². The normalized spacial score (nSPS) is 12.4. The van der Waals surface area contributed by atoms with Gasteiger partial charge < -0.3 is 10.2 Å². The molecule has 41 heavy (non-hydrogen) atoms. The van der Waals surface area contributed by atoms with Crippen molar-refractivity contribution in [1.82, 2.24) is 10.2 Å². The van der Waals surface area contributed by atoms with Crippen molar-refractivity contribution in [2.45, 2.75) is 71.5 Å². The topological polar surface area (TPSA) is 86.8 Å². The predicted octanol–water partition coefficient (Wildman–Crippen LogP) is 5.35. The number of nitrogens with zero attached hydrogens (tertiary/aromatic N) is 2. The van der Waals surface area contributed by atoms with Crippen LogP contribution in [-0.4, -0.2) is 49.5 Å². The molecule has 3 aromatic rings. The van der Waals surface area contributed by atoms with E-state index in [1.165, 1.54) is 10.6 Å². The van der Waals surface area contributed by atoms with Gasteiger partial charge in [-0.3, -0.25) is 13.9 Å². The van der Waals surface area contributed by atoms with Crippen LogP contribution in [0.1, 0.15) is 57.2 Å². The van der Waals surface area contributed by atoms with Crippen LogP contribution < -0.4 is 9.62 Å². The summed E-state index contributed by atoms with van der Waals surface area (Å²) in [5, 5.41) is 3.07. The van der Waals surface area contributed by atoms with Crippen LogP contribution in [0.25, 0.3) is 0 Å². The fourth-order valence-corrected chi connectivity index (χ4v) is 5.65. The van der Waals surface area contributed by atoms with Crippen molar-refractivity contribution in [3.63, 3.8) is 0 Å². The molecular weight excluding hydrogens is 534 g/mol. The molecule has 3 aromatic carbocycles. The number of sulfonamides is 1. The van der Waals surface area contributed by atoms with E-state index in [1.54, 1.807) is 17.0 Å². The van der Waals surface area contributed by atoms with E-state index in [0.717, 1.165) is 23.1 Å². The van der Waals surface area contributed by atoms with Gasteiger partial charge >= 0.3 is 0 Å². The maximum absolute atomic E-state index is 13.9. The standard InChI is InChI=1S/C33H43N3O4S/c1-6-26-19-21-29(22-20-26)36(41(5,39)40)23-13-18-31(37)35(25-28-16-11-8-12-17-28)30(32(38)34-33(2,3)4)24-27-14-9-7-10-15-27/h7-12,14-17,19-22,30H,6,13,18,23-25H2,1-5H3,(H,34,38)/t30-/m1/s1. The number of rotatable bonds is 13. The lowest BCUT2D eigenvalue weighted by Crippen LogP contribution is -2.54. The van der Waals surface area contributed by atoms with Gasteiger partial charge in [0.2, 0.25) is 21.8 Å². The van der Waals surface area contributed by atoms with Gasteiger partial charge in [0.1, 0.15) is 6.04 Å². The minimum Gasteiger partial charge on any atom is -0.350 e. The molecule has 220 valence electrons. The van der Waals surface area contributed by atoms with Crippen molar-refractivity contribution >= 4 is 27.5 Å². The van der Waals surface area contributed by atoms with Gasteiger partial charge in [-0.05, 0) is 62.4 Å². The summed E-state index contributed by atoms with van der Waals surface area (Å²) < 4.78 is 26.6. The highest BCUT2D eigenvalue weighted by molar-refractivity contribution is 7.92. The summed E-state index contributed by atoms with van der Waals surface area (Å²) >= 11 is 0. The highest BCUT2D eigenvalue weighted by Crippen LogP contribution is 2.21. The Labute approximate surface area is 245 Å². The maximum Gasteiger partial charge on any atom is 0.243 e. The number of benzene rings is 3. The number of anilines is 1. The predicted molar refractivity (Wildman–Crippen MR) is 166 cm³/mol. The quantitative estimate of drug-likeness (QED) is 0.297. The highest BCUT2D eigenvalue weighted by atomic mass is 32.2. The monoisotopic (exact) mass is 577 g/mol. The summed E-state index contributed by atoms with van der Waals surface area (Å²) in [5.74, 6) is -0.423. The van der Waals surface area contributed by atoms with Gasteiger partial charge in [0, 0.05) is 31.5 Å². The zero-order valence-electron chi connectivity index (χ0n) is 24.8. The van der Waals surface area contributed by atoms with Gasteiger partial charge in [-0.1, -0.05) is 79.7 Å². The molecule has 0 aromatic heterocycles. The Bertz CT molecular complexity index is 1370. The summed E-state index contributed by atoms with van der Waals surface area (Å²) in [6.45, 7) is 8.22. The van der Waals surface area contributed by atoms with Crippen molar-refractivity contribution in [1.29, 1.82) is 0 Å². The van der Waals surface area contributed by atoms with Gasteiger partial charge in [0.25, 0.3) is 0 Å². The Balaban J connectivity index is 1.87. The number of hydrogen-bond donors (Lipinski definition) is 1. The summed E-state index contributed by atoms with van der Waals surface area (Å²) in [7, 11) is -3.55. The molecule has 0 aliphatic heterocycles. The van der Waals surface area contributed by atoms with E-state index < -0.39 is 21.6 Å². The third kappa shape index (κ3) is 10.0. The second-order valence-electron chi connectivity index (χ2n) is 11.4. The molecule has 1 N–H and O–H groups in total. The van der Waals surface area contributed by atoms with E-state index in [9.17, 15) is 18.0 Å². The zero-order chi connectivity index (χ0) is 30.0. The summed E-state index contributed by atoms with van der Waals surface area (Å²) in [6.07, 6.45) is 2.81. The molecule has 0 aliphatic rings. The number of aryl methyl sites for hydroxylation is 1. The summed E-state index contributed by atoms with van der Waals surface area (Å²) in [5.41, 5.74) is 3.08. The first-order valence-corrected chi connectivity index (χ1v) is 16.0. The highest BCUT2D eigenvalue weighted by Gasteiger charge is 2.32. The fourth-order valence-electron chi connectivity index (χ4n) is 4.69. The molecule has 0 aliphatic carbocycles. The lowest BCUT2D eigenvalue weighted by molar-refractivity contribution is -0.142. The summed E-state index contributed by atoms with van der Waals surface area (Å²) in [6, 6.07) is 26.0. The molecule has 0 spiro atoms. The molecule has 8 heteroatoms. The first-order valence-electron chi connectivity index (χ1n) is 14.1. The van der Waals surface area contributed by atoms with Gasteiger partial charge in [-0.2, -0.15) is 0 Å². The van der Waals surface area contributed by atoms with Gasteiger partial charge in [0.05, 0.1) is 11.9 Å². The Hall–Kier alpha value is -3.65. The van der Waals surface area contributed by atoms with Crippen LogP contribution in [0.4, 0.5) is 5.69 Å². The van der Waals surface area contributed by atoms with Gasteiger partial charge in [-0.15, -0.1) is 0 Å². The molecule has 0 unspecified atom stereocenters. The molecule has 0 saturated heterocycles. The molecule has 0 saturated carbocycles. The van der Waals surface area contributed by atoms with Crippen molar-refractivity contribution in [2.75, 3.05) is 17.1 Å².